The van der Waals surface area contributed by atoms with Crippen LogP contribution in [-0.2, 0) is 16.6 Å². The Balaban J connectivity index is 2.28. The summed E-state index contributed by atoms with van der Waals surface area (Å²) < 4.78 is 13.2. The molecule has 0 aliphatic rings. The van der Waals surface area contributed by atoms with Gasteiger partial charge in [0.2, 0.25) is 0 Å². The van der Waals surface area contributed by atoms with Gasteiger partial charge in [0.15, 0.2) is 0 Å². The van der Waals surface area contributed by atoms with E-state index in [1.54, 1.807) is 24.3 Å². The molecule has 19 heavy (non-hydrogen) atoms. The summed E-state index contributed by atoms with van der Waals surface area (Å²) in [5.74, 6) is 0.325. The highest BCUT2D eigenvalue weighted by molar-refractivity contribution is 9.10. The molecule has 2 aromatic carbocycles. The molecule has 6 heteroatoms. The van der Waals surface area contributed by atoms with E-state index in [2.05, 4.69) is 15.9 Å². The number of rotatable bonds is 3. The molecule has 0 amide bonds. The summed E-state index contributed by atoms with van der Waals surface area (Å²) in [7, 11) is -1.23. The molecule has 0 heterocycles. The normalized spacial score (nSPS) is 12.4. The van der Waals surface area contributed by atoms with Crippen molar-refractivity contribution < 1.29 is 4.21 Å². The molecule has 0 radical (unpaired) electrons. The zero-order valence-corrected chi connectivity index (χ0v) is 13.6. The lowest BCUT2D eigenvalue weighted by Gasteiger charge is -2.08. The van der Waals surface area contributed by atoms with Gasteiger partial charge in [0, 0.05) is 20.6 Å². The maximum atomic E-state index is 12.3. The van der Waals surface area contributed by atoms with Crippen molar-refractivity contribution in [1.82, 2.24) is 0 Å². The number of nitrogen functional groups attached to an aromatic ring is 1. The van der Waals surface area contributed by atoms with Gasteiger partial charge in [-0.25, -0.2) is 0 Å². The van der Waals surface area contributed by atoms with Crippen LogP contribution in [0.25, 0.3) is 0 Å². The van der Waals surface area contributed by atoms with Gasteiger partial charge in [-0.3, -0.25) is 4.21 Å². The van der Waals surface area contributed by atoms with Gasteiger partial charge in [-0.2, -0.15) is 0 Å². The Kier molecular flexibility index (Phi) is 4.90. The fraction of sp³-hybridized carbons (Fsp3) is 0.0769. The summed E-state index contributed by atoms with van der Waals surface area (Å²) in [6.45, 7) is 0. The van der Waals surface area contributed by atoms with Crippen LogP contribution in [0.2, 0.25) is 10.0 Å². The second-order valence-corrected chi connectivity index (χ2v) is 6.99. The Morgan fingerprint density at radius 3 is 2.53 bits per heavy atom. The topological polar surface area (TPSA) is 43.1 Å². The summed E-state index contributed by atoms with van der Waals surface area (Å²) >= 11 is 15.2. The maximum Gasteiger partial charge on any atom is 0.0604 e. The van der Waals surface area contributed by atoms with Crippen LogP contribution in [0.15, 0.2) is 45.8 Å². The van der Waals surface area contributed by atoms with Gasteiger partial charge in [0.1, 0.15) is 0 Å². The van der Waals surface area contributed by atoms with E-state index in [1.165, 1.54) is 0 Å². The number of hydrogen-bond acceptors (Lipinski definition) is 2. The van der Waals surface area contributed by atoms with Crippen molar-refractivity contribution in [3.8, 4) is 0 Å². The predicted octanol–water partition coefficient (Wildman–Crippen LogP) is 4.65. The van der Waals surface area contributed by atoms with E-state index < -0.39 is 10.8 Å². The number of benzene rings is 2. The summed E-state index contributed by atoms with van der Waals surface area (Å²) in [4.78, 5) is 0.629. The van der Waals surface area contributed by atoms with Crippen LogP contribution >= 0.6 is 39.1 Å². The summed E-state index contributed by atoms with van der Waals surface area (Å²) in [6, 6.07) is 10.5. The number of anilines is 1. The first kappa shape index (κ1) is 14.9. The quantitative estimate of drug-likeness (QED) is 0.790. The van der Waals surface area contributed by atoms with Crippen LogP contribution in [0.5, 0.6) is 0 Å². The Bertz CT molecular complexity index is 628. The maximum absolute atomic E-state index is 12.3. The van der Waals surface area contributed by atoms with Gasteiger partial charge in [0.05, 0.1) is 26.6 Å². The van der Waals surface area contributed by atoms with E-state index in [0.717, 1.165) is 10.0 Å². The van der Waals surface area contributed by atoms with Gasteiger partial charge in [-0.05, 0) is 30.3 Å². The highest BCUT2D eigenvalue weighted by atomic mass is 79.9. The van der Waals surface area contributed by atoms with Crippen LogP contribution < -0.4 is 5.73 Å². The molecule has 0 spiro atoms. The largest absolute Gasteiger partial charge is 0.398 e. The first-order chi connectivity index (χ1) is 8.99. The molecule has 0 aromatic heterocycles. The van der Waals surface area contributed by atoms with Gasteiger partial charge in [0.25, 0.3) is 0 Å². The van der Waals surface area contributed by atoms with Gasteiger partial charge >= 0.3 is 0 Å². The molecule has 1 atom stereocenters. The van der Waals surface area contributed by atoms with Crippen molar-refractivity contribution in [2.45, 2.75) is 10.6 Å². The minimum atomic E-state index is -1.23. The smallest absolute Gasteiger partial charge is 0.0604 e. The van der Waals surface area contributed by atoms with Crippen LogP contribution in [0.1, 0.15) is 5.56 Å². The molecule has 0 aliphatic heterocycles. The van der Waals surface area contributed by atoms with Crippen molar-refractivity contribution in [2.24, 2.45) is 0 Å². The van der Waals surface area contributed by atoms with Crippen LogP contribution in [-0.4, -0.2) is 4.21 Å². The molecule has 2 nitrogen and oxygen atoms in total. The van der Waals surface area contributed by atoms with E-state index in [0.29, 0.717) is 26.4 Å². The van der Waals surface area contributed by atoms with Crippen LogP contribution in [0.4, 0.5) is 5.69 Å². The van der Waals surface area contributed by atoms with Crippen LogP contribution in [0, 0.1) is 0 Å². The first-order valence-corrected chi connectivity index (χ1v) is 8.22. The van der Waals surface area contributed by atoms with Gasteiger partial charge in [-0.15, -0.1) is 0 Å². The zero-order valence-electron chi connectivity index (χ0n) is 9.70. The minimum absolute atomic E-state index is 0.325. The van der Waals surface area contributed by atoms with Gasteiger partial charge < -0.3 is 5.73 Å². The SMILES string of the molecule is Nc1cccc(Br)c1CS(=O)c1ccc(Cl)c(Cl)c1. The Hall–Kier alpha value is -0.550. The average Bonchev–Trinajstić information content (AvgIpc) is 2.37. The van der Waals surface area contributed by atoms with E-state index in [9.17, 15) is 4.21 Å². The average molecular weight is 379 g/mol. The standard InChI is InChI=1S/C13H10BrCl2NOS/c14-10-2-1-3-13(17)9(10)7-19(18)8-4-5-11(15)12(16)6-8/h1-6H,7,17H2. The van der Waals surface area contributed by atoms with Crippen molar-refractivity contribution in [3.05, 3.63) is 56.5 Å². The van der Waals surface area contributed by atoms with Crippen molar-refractivity contribution >= 4 is 55.6 Å². The molecular weight excluding hydrogens is 369 g/mol. The minimum Gasteiger partial charge on any atom is -0.398 e. The summed E-state index contributed by atoms with van der Waals surface area (Å²) in [5.41, 5.74) is 7.33. The molecule has 0 bridgehead atoms. The molecule has 2 aromatic rings. The Morgan fingerprint density at radius 2 is 1.89 bits per heavy atom. The fourth-order valence-electron chi connectivity index (χ4n) is 1.56. The molecule has 0 saturated carbocycles. The monoisotopic (exact) mass is 377 g/mol. The van der Waals surface area contributed by atoms with Crippen molar-refractivity contribution in [2.75, 3.05) is 5.73 Å². The molecule has 100 valence electrons. The number of hydrogen-bond donors (Lipinski definition) is 1. The molecule has 2 N–H and O–H groups in total. The highest BCUT2D eigenvalue weighted by Crippen LogP contribution is 2.28. The summed E-state index contributed by atoms with van der Waals surface area (Å²) in [6.07, 6.45) is 0. The zero-order chi connectivity index (χ0) is 14.0. The second kappa shape index (κ2) is 6.27. The highest BCUT2D eigenvalue weighted by Gasteiger charge is 2.11. The Morgan fingerprint density at radius 1 is 1.16 bits per heavy atom. The lowest BCUT2D eigenvalue weighted by Crippen LogP contribution is -2.01. The van der Waals surface area contributed by atoms with Crippen molar-refractivity contribution in [3.63, 3.8) is 0 Å². The molecule has 1 unspecified atom stereocenters. The van der Waals surface area contributed by atoms with Crippen LogP contribution in [0.3, 0.4) is 0 Å². The summed E-state index contributed by atoms with van der Waals surface area (Å²) in [5, 5.41) is 0.843. The Labute approximate surface area is 132 Å². The van der Waals surface area contributed by atoms with E-state index in [1.807, 2.05) is 12.1 Å². The first-order valence-electron chi connectivity index (χ1n) is 5.35. The molecule has 0 saturated heterocycles. The molecule has 2 rings (SSSR count). The molecule has 0 aliphatic carbocycles. The fourth-order valence-corrected chi connectivity index (χ4v) is 3.85. The molecular formula is C13H10BrCl2NOS. The van der Waals surface area contributed by atoms with E-state index >= 15 is 0 Å². The predicted molar refractivity (Wildman–Crippen MR) is 85.1 cm³/mol. The van der Waals surface area contributed by atoms with Gasteiger partial charge in [-0.1, -0.05) is 45.2 Å². The third-order valence-electron chi connectivity index (χ3n) is 2.58. The van der Waals surface area contributed by atoms with Crippen molar-refractivity contribution in [1.29, 1.82) is 0 Å². The molecule has 0 fully saturated rings. The van der Waals surface area contributed by atoms with E-state index in [-0.39, 0.29) is 0 Å². The number of halogens is 3. The lowest BCUT2D eigenvalue weighted by molar-refractivity contribution is 0.682. The van der Waals surface area contributed by atoms with E-state index in [4.69, 9.17) is 28.9 Å². The third kappa shape index (κ3) is 3.51. The second-order valence-electron chi connectivity index (χ2n) is 3.87. The lowest BCUT2D eigenvalue weighted by atomic mass is 10.2. The number of nitrogens with two attached hydrogens (primary N) is 1. The third-order valence-corrected chi connectivity index (χ3v) is 5.40.